The van der Waals surface area contributed by atoms with Gasteiger partial charge in [0.1, 0.15) is 5.75 Å². The van der Waals surface area contributed by atoms with Crippen LogP contribution in [-0.2, 0) is 16.0 Å². The summed E-state index contributed by atoms with van der Waals surface area (Å²) in [6.07, 6.45) is 4.69. The summed E-state index contributed by atoms with van der Waals surface area (Å²) >= 11 is 0. The van der Waals surface area contributed by atoms with Crippen molar-refractivity contribution in [2.24, 2.45) is 0 Å². The Balaban J connectivity index is 2.07. The molecular formula is C17H25NO4. The molecule has 5 nitrogen and oxygen atoms in total. The van der Waals surface area contributed by atoms with Gasteiger partial charge in [-0.3, -0.25) is 9.59 Å². The number of carbonyl (C=O) groups is 2. The van der Waals surface area contributed by atoms with E-state index in [1.807, 2.05) is 24.3 Å². The molecule has 0 aliphatic rings. The molecule has 0 fully saturated rings. The predicted molar refractivity (Wildman–Crippen MR) is 85.0 cm³/mol. The molecule has 0 heterocycles. The van der Waals surface area contributed by atoms with Crippen LogP contribution in [0.25, 0.3) is 0 Å². The Labute approximate surface area is 131 Å². The first kappa shape index (κ1) is 18.0. The minimum absolute atomic E-state index is 0.0566. The molecule has 1 aromatic rings. The van der Waals surface area contributed by atoms with E-state index in [0.29, 0.717) is 19.4 Å². The first-order chi connectivity index (χ1) is 10.6. The van der Waals surface area contributed by atoms with Gasteiger partial charge in [-0.15, -0.1) is 0 Å². The van der Waals surface area contributed by atoms with Gasteiger partial charge in [0.25, 0.3) is 0 Å². The smallest absolute Gasteiger partial charge is 0.303 e. The Bertz CT molecular complexity index is 473. The predicted octanol–water partition coefficient (Wildman–Crippen LogP) is 2.78. The monoisotopic (exact) mass is 307 g/mol. The maximum Gasteiger partial charge on any atom is 0.303 e. The van der Waals surface area contributed by atoms with E-state index in [1.54, 1.807) is 7.11 Å². The number of amides is 1. The van der Waals surface area contributed by atoms with Crippen LogP contribution < -0.4 is 10.1 Å². The summed E-state index contributed by atoms with van der Waals surface area (Å²) in [7, 11) is 1.64. The summed E-state index contributed by atoms with van der Waals surface area (Å²) < 4.78 is 5.17. The third kappa shape index (κ3) is 8.29. The second-order valence-electron chi connectivity index (χ2n) is 5.26. The van der Waals surface area contributed by atoms with Gasteiger partial charge in [0, 0.05) is 19.4 Å². The van der Waals surface area contributed by atoms with Gasteiger partial charge in [-0.05, 0) is 43.4 Å². The van der Waals surface area contributed by atoms with Gasteiger partial charge in [0.2, 0.25) is 5.91 Å². The van der Waals surface area contributed by atoms with E-state index in [-0.39, 0.29) is 12.3 Å². The number of carbonyl (C=O) groups excluding carboxylic acids is 1. The fraction of sp³-hybridized carbons (Fsp3) is 0.529. The van der Waals surface area contributed by atoms with Gasteiger partial charge in [-0.1, -0.05) is 18.6 Å². The molecule has 5 heteroatoms. The number of methoxy groups -OCH3 is 1. The van der Waals surface area contributed by atoms with Crippen LogP contribution in [-0.4, -0.2) is 30.6 Å². The van der Waals surface area contributed by atoms with E-state index in [9.17, 15) is 9.59 Å². The third-order valence-electron chi connectivity index (χ3n) is 3.39. The normalized spacial score (nSPS) is 10.2. The van der Waals surface area contributed by atoms with Crippen LogP contribution in [0.1, 0.15) is 44.1 Å². The van der Waals surface area contributed by atoms with E-state index in [2.05, 4.69) is 5.32 Å². The molecule has 1 aromatic carbocycles. The number of aliphatic carboxylic acids is 1. The van der Waals surface area contributed by atoms with Gasteiger partial charge < -0.3 is 15.2 Å². The summed E-state index contributed by atoms with van der Waals surface area (Å²) in [4.78, 5) is 22.0. The third-order valence-corrected chi connectivity index (χ3v) is 3.39. The number of ether oxygens (including phenoxy) is 1. The molecule has 0 aromatic heterocycles. The topological polar surface area (TPSA) is 75.6 Å². The lowest BCUT2D eigenvalue weighted by Gasteiger charge is -2.06. The molecule has 122 valence electrons. The van der Waals surface area contributed by atoms with E-state index in [1.165, 1.54) is 5.56 Å². The molecule has 0 radical (unpaired) electrons. The van der Waals surface area contributed by atoms with Crippen LogP contribution in [0.15, 0.2) is 24.3 Å². The molecule has 1 rings (SSSR count). The van der Waals surface area contributed by atoms with Gasteiger partial charge in [0.15, 0.2) is 0 Å². The fourth-order valence-corrected chi connectivity index (χ4v) is 2.18. The lowest BCUT2D eigenvalue weighted by atomic mass is 10.1. The van der Waals surface area contributed by atoms with Crippen molar-refractivity contribution >= 4 is 11.9 Å². The van der Waals surface area contributed by atoms with Crippen LogP contribution in [0.4, 0.5) is 0 Å². The van der Waals surface area contributed by atoms with Crippen molar-refractivity contribution in [1.29, 1.82) is 0 Å². The molecular weight excluding hydrogens is 282 g/mol. The molecule has 0 saturated carbocycles. The first-order valence-electron chi connectivity index (χ1n) is 7.73. The van der Waals surface area contributed by atoms with Gasteiger partial charge in [0.05, 0.1) is 7.11 Å². The number of nitrogens with one attached hydrogen (secondary N) is 1. The summed E-state index contributed by atoms with van der Waals surface area (Å²) in [5.41, 5.74) is 1.17. The van der Waals surface area contributed by atoms with Crippen LogP contribution in [0.3, 0.4) is 0 Å². The van der Waals surface area contributed by atoms with Crippen molar-refractivity contribution in [3.8, 4) is 5.75 Å². The van der Waals surface area contributed by atoms with E-state index in [0.717, 1.165) is 31.4 Å². The number of carboxylic acids is 1. The van der Waals surface area contributed by atoms with Crippen LogP contribution >= 0.6 is 0 Å². The molecule has 2 N–H and O–H groups in total. The number of rotatable bonds is 11. The molecule has 0 aliphatic heterocycles. The summed E-state index contributed by atoms with van der Waals surface area (Å²) in [6.45, 7) is 0.623. The minimum Gasteiger partial charge on any atom is -0.497 e. The summed E-state index contributed by atoms with van der Waals surface area (Å²) in [5, 5.41) is 11.4. The van der Waals surface area contributed by atoms with Crippen molar-refractivity contribution in [3.05, 3.63) is 29.8 Å². The highest BCUT2D eigenvalue weighted by Crippen LogP contribution is 2.14. The molecule has 0 bridgehead atoms. The maximum atomic E-state index is 11.7. The second-order valence-corrected chi connectivity index (χ2v) is 5.26. The zero-order chi connectivity index (χ0) is 16.2. The zero-order valence-electron chi connectivity index (χ0n) is 13.1. The quantitative estimate of drug-likeness (QED) is 0.616. The number of carboxylic acid groups (broad SMARTS) is 1. The molecule has 1 amide bonds. The SMILES string of the molecule is COc1cccc(CCCC(=O)NCCCCCC(=O)O)c1. The maximum absolute atomic E-state index is 11.7. The summed E-state index contributed by atoms with van der Waals surface area (Å²) in [5.74, 6) is 0.131. The zero-order valence-corrected chi connectivity index (χ0v) is 13.1. The van der Waals surface area contributed by atoms with Crippen molar-refractivity contribution in [3.63, 3.8) is 0 Å². The lowest BCUT2D eigenvalue weighted by Crippen LogP contribution is -2.24. The Hall–Kier alpha value is -2.04. The molecule has 0 aliphatic carbocycles. The highest BCUT2D eigenvalue weighted by Gasteiger charge is 2.02. The van der Waals surface area contributed by atoms with Crippen molar-refractivity contribution < 1.29 is 19.4 Å². The van der Waals surface area contributed by atoms with Crippen LogP contribution in [0.2, 0.25) is 0 Å². The molecule has 0 spiro atoms. The van der Waals surface area contributed by atoms with Crippen LogP contribution in [0.5, 0.6) is 5.75 Å². The molecule has 22 heavy (non-hydrogen) atoms. The average molecular weight is 307 g/mol. The lowest BCUT2D eigenvalue weighted by molar-refractivity contribution is -0.137. The Morgan fingerprint density at radius 2 is 1.95 bits per heavy atom. The Kier molecular flexibility index (Phi) is 8.72. The van der Waals surface area contributed by atoms with Crippen molar-refractivity contribution in [1.82, 2.24) is 5.32 Å². The molecule has 0 atom stereocenters. The average Bonchev–Trinajstić information content (AvgIpc) is 2.50. The van der Waals surface area contributed by atoms with Crippen LogP contribution in [0, 0.1) is 0 Å². The minimum atomic E-state index is -0.762. The number of aryl methyl sites for hydroxylation is 1. The highest BCUT2D eigenvalue weighted by molar-refractivity contribution is 5.75. The van der Waals surface area contributed by atoms with Gasteiger partial charge >= 0.3 is 5.97 Å². The van der Waals surface area contributed by atoms with Gasteiger partial charge in [-0.2, -0.15) is 0 Å². The number of hydrogen-bond donors (Lipinski definition) is 2. The Morgan fingerprint density at radius 3 is 2.68 bits per heavy atom. The van der Waals surface area contributed by atoms with E-state index >= 15 is 0 Å². The largest absolute Gasteiger partial charge is 0.497 e. The van der Waals surface area contributed by atoms with Crippen molar-refractivity contribution in [2.45, 2.75) is 44.9 Å². The molecule has 0 saturated heterocycles. The van der Waals surface area contributed by atoms with E-state index < -0.39 is 5.97 Å². The van der Waals surface area contributed by atoms with Gasteiger partial charge in [-0.25, -0.2) is 0 Å². The Morgan fingerprint density at radius 1 is 1.14 bits per heavy atom. The van der Waals surface area contributed by atoms with Crippen molar-refractivity contribution in [2.75, 3.05) is 13.7 Å². The first-order valence-corrected chi connectivity index (χ1v) is 7.73. The fourth-order valence-electron chi connectivity index (χ4n) is 2.18. The standard InChI is InChI=1S/C17H25NO4/c1-22-15-9-5-7-14(13-15)8-6-10-16(19)18-12-4-2-3-11-17(20)21/h5,7,9,13H,2-4,6,8,10-12H2,1H3,(H,18,19)(H,20,21). The number of hydrogen-bond acceptors (Lipinski definition) is 3. The molecule has 0 unspecified atom stereocenters. The number of unbranched alkanes of at least 4 members (excludes halogenated alkanes) is 2. The second kappa shape index (κ2) is 10.7. The number of benzene rings is 1. The highest BCUT2D eigenvalue weighted by atomic mass is 16.5. The van der Waals surface area contributed by atoms with E-state index in [4.69, 9.17) is 9.84 Å². The summed E-state index contributed by atoms with van der Waals surface area (Å²) in [6, 6.07) is 7.87.